The largest absolute Gasteiger partial charge is 0.383 e. The Morgan fingerprint density at radius 1 is 1.07 bits per heavy atom. The normalized spacial score (nSPS) is 11.0. The van der Waals surface area contributed by atoms with Crippen LogP contribution in [0.5, 0.6) is 0 Å². The van der Waals surface area contributed by atoms with E-state index in [2.05, 4.69) is 10.3 Å². The number of aromatic nitrogens is 1. The quantitative estimate of drug-likeness (QED) is 0.573. The number of aryl methyl sites for hydroxylation is 1. The molecule has 150 valence electrons. The number of hydrogen-bond acceptors (Lipinski definition) is 6. The number of amides is 2. The first-order chi connectivity index (χ1) is 13.4. The number of carbonyl (C=O) groups excluding carboxylic acids is 2. The van der Waals surface area contributed by atoms with Crippen molar-refractivity contribution in [1.29, 1.82) is 0 Å². The van der Waals surface area contributed by atoms with Crippen LogP contribution in [0.25, 0.3) is 0 Å². The second kappa shape index (κ2) is 10.5. The fourth-order valence-electron chi connectivity index (χ4n) is 2.38. The fourth-order valence-corrected chi connectivity index (χ4v) is 3.41. The molecule has 28 heavy (non-hydrogen) atoms. The highest BCUT2D eigenvalue weighted by Gasteiger charge is 2.17. The maximum atomic E-state index is 12.1. The summed E-state index contributed by atoms with van der Waals surface area (Å²) in [7, 11) is -2.24. The van der Waals surface area contributed by atoms with E-state index in [1.165, 1.54) is 25.4 Å². The summed E-state index contributed by atoms with van der Waals surface area (Å²) in [6.07, 6.45) is 2.16. The maximum Gasteiger partial charge on any atom is 0.269 e. The Hall–Kier alpha value is -2.78. The Morgan fingerprint density at radius 2 is 1.82 bits per heavy atom. The number of carbonyl (C=O) groups is 2. The summed E-state index contributed by atoms with van der Waals surface area (Å²) < 4.78 is 31.1. The molecule has 9 heteroatoms. The lowest BCUT2D eigenvalue weighted by molar-refractivity contribution is 0.0929. The van der Waals surface area contributed by atoms with Crippen molar-refractivity contribution in [1.82, 2.24) is 15.0 Å². The summed E-state index contributed by atoms with van der Waals surface area (Å²) in [6, 6.07) is 12.2. The summed E-state index contributed by atoms with van der Waals surface area (Å²) in [6.45, 7) is 0.703. The smallest absolute Gasteiger partial charge is 0.269 e. The minimum Gasteiger partial charge on any atom is -0.383 e. The Kier molecular flexibility index (Phi) is 8.09. The van der Waals surface area contributed by atoms with Gasteiger partial charge in [0.1, 0.15) is 5.69 Å². The summed E-state index contributed by atoms with van der Waals surface area (Å²) >= 11 is 0. The van der Waals surface area contributed by atoms with Crippen LogP contribution in [0.15, 0.2) is 48.7 Å². The van der Waals surface area contributed by atoms with Gasteiger partial charge in [0.2, 0.25) is 10.0 Å². The number of hydrogen-bond donors (Lipinski definition) is 2. The Bertz CT molecular complexity index is 884. The molecule has 1 aromatic carbocycles. The molecule has 0 aliphatic rings. The first kappa shape index (κ1) is 21.5. The molecule has 0 saturated carbocycles. The van der Waals surface area contributed by atoms with Crippen LogP contribution in [0.4, 0.5) is 0 Å². The molecule has 0 unspecified atom stereocenters. The molecule has 0 saturated heterocycles. The number of nitrogens with zero attached hydrogens (tertiary/aromatic N) is 1. The van der Waals surface area contributed by atoms with Gasteiger partial charge in [-0.05, 0) is 30.5 Å². The van der Waals surface area contributed by atoms with Crippen LogP contribution >= 0.6 is 0 Å². The average Bonchev–Trinajstić information content (AvgIpc) is 2.68. The van der Waals surface area contributed by atoms with E-state index in [0.29, 0.717) is 26.0 Å². The van der Waals surface area contributed by atoms with Gasteiger partial charge in [-0.1, -0.05) is 30.3 Å². The van der Waals surface area contributed by atoms with Crippen molar-refractivity contribution in [3.63, 3.8) is 0 Å². The van der Waals surface area contributed by atoms with E-state index in [9.17, 15) is 18.0 Å². The summed E-state index contributed by atoms with van der Waals surface area (Å²) in [5, 5.41) is 2.60. The van der Waals surface area contributed by atoms with Gasteiger partial charge in [0.25, 0.3) is 11.8 Å². The fraction of sp³-hybridized carbons (Fsp3) is 0.316. The standard InChI is InChI=1S/C19H23N3O5S/c1-27-12-11-20-19(24)17-10-9-16(14-21-17)18(23)22-28(25,26)13-5-8-15-6-3-2-4-7-15/h2-4,6-7,9-10,14H,5,8,11-13H2,1H3,(H,20,24)(H,22,23). The third kappa shape index (κ3) is 7.09. The van der Waals surface area contributed by atoms with E-state index in [-0.39, 0.29) is 17.0 Å². The highest BCUT2D eigenvalue weighted by atomic mass is 32.2. The minimum absolute atomic E-state index is 0.0556. The zero-order chi connectivity index (χ0) is 20.4. The van der Waals surface area contributed by atoms with E-state index in [1.807, 2.05) is 35.1 Å². The monoisotopic (exact) mass is 405 g/mol. The highest BCUT2D eigenvalue weighted by Crippen LogP contribution is 2.05. The van der Waals surface area contributed by atoms with Gasteiger partial charge in [-0.15, -0.1) is 0 Å². The van der Waals surface area contributed by atoms with Gasteiger partial charge in [-0.3, -0.25) is 14.6 Å². The predicted molar refractivity (Wildman–Crippen MR) is 104 cm³/mol. The zero-order valence-electron chi connectivity index (χ0n) is 15.6. The molecule has 0 aliphatic carbocycles. The van der Waals surface area contributed by atoms with Gasteiger partial charge in [0.05, 0.1) is 17.9 Å². The molecule has 2 rings (SSSR count). The first-order valence-electron chi connectivity index (χ1n) is 8.73. The molecule has 2 amide bonds. The highest BCUT2D eigenvalue weighted by molar-refractivity contribution is 7.90. The van der Waals surface area contributed by atoms with Crippen LogP contribution in [0.1, 0.15) is 32.8 Å². The van der Waals surface area contributed by atoms with Crippen LogP contribution in [0.2, 0.25) is 0 Å². The lowest BCUT2D eigenvalue weighted by atomic mass is 10.1. The second-order valence-electron chi connectivity index (χ2n) is 6.02. The number of nitrogens with one attached hydrogen (secondary N) is 2. The van der Waals surface area contributed by atoms with E-state index in [4.69, 9.17) is 4.74 Å². The molecule has 0 fully saturated rings. The SMILES string of the molecule is COCCNC(=O)c1ccc(C(=O)NS(=O)(=O)CCCc2ccccc2)cn1. The van der Waals surface area contributed by atoms with Gasteiger partial charge in [-0.25, -0.2) is 13.1 Å². The molecule has 0 atom stereocenters. The number of sulfonamides is 1. The van der Waals surface area contributed by atoms with Crippen LogP contribution in [0.3, 0.4) is 0 Å². The molecule has 1 heterocycles. The molecule has 1 aromatic heterocycles. The number of ether oxygens (including phenoxy) is 1. The predicted octanol–water partition coefficient (Wildman–Crippen LogP) is 1.15. The van der Waals surface area contributed by atoms with Crippen LogP contribution in [-0.2, 0) is 21.2 Å². The molecule has 0 bridgehead atoms. The molecule has 2 N–H and O–H groups in total. The Labute approximate surface area is 164 Å². The average molecular weight is 405 g/mol. The van der Waals surface area contributed by atoms with Gasteiger partial charge >= 0.3 is 0 Å². The molecule has 2 aromatic rings. The molecular formula is C19H23N3O5S. The van der Waals surface area contributed by atoms with E-state index >= 15 is 0 Å². The number of methoxy groups -OCH3 is 1. The van der Waals surface area contributed by atoms with E-state index in [0.717, 1.165) is 5.56 Å². The first-order valence-corrected chi connectivity index (χ1v) is 10.4. The summed E-state index contributed by atoms with van der Waals surface area (Å²) in [4.78, 5) is 27.9. The van der Waals surface area contributed by atoms with Crippen molar-refractivity contribution >= 4 is 21.8 Å². The third-order valence-corrected chi connectivity index (χ3v) is 5.14. The minimum atomic E-state index is -3.76. The number of benzene rings is 1. The molecule has 0 spiro atoms. The van der Waals surface area contributed by atoms with Crippen molar-refractivity contribution in [3.8, 4) is 0 Å². The van der Waals surface area contributed by atoms with Gasteiger partial charge in [0, 0.05) is 19.9 Å². The Morgan fingerprint density at radius 3 is 2.46 bits per heavy atom. The summed E-state index contributed by atoms with van der Waals surface area (Å²) in [5.74, 6) is -1.35. The maximum absolute atomic E-state index is 12.1. The lowest BCUT2D eigenvalue weighted by Crippen LogP contribution is -2.33. The van der Waals surface area contributed by atoms with Crippen molar-refractivity contribution in [2.75, 3.05) is 26.0 Å². The molecule has 0 radical (unpaired) electrons. The third-order valence-electron chi connectivity index (χ3n) is 3.82. The van der Waals surface area contributed by atoms with Gasteiger partial charge < -0.3 is 10.1 Å². The molecule has 0 aliphatic heterocycles. The topological polar surface area (TPSA) is 114 Å². The van der Waals surface area contributed by atoms with Crippen molar-refractivity contribution in [2.24, 2.45) is 0 Å². The van der Waals surface area contributed by atoms with Crippen molar-refractivity contribution < 1.29 is 22.7 Å². The van der Waals surface area contributed by atoms with Gasteiger partial charge in [-0.2, -0.15) is 0 Å². The second-order valence-corrected chi connectivity index (χ2v) is 7.86. The van der Waals surface area contributed by atoms with Crippen LogP contribution < -0.4 is 10.0 Å². The lowest BCUT2D eigenvalue weighted by Gasteiger charge is -2.08. The summed E-state index contributed by atoms with van der Waals surface area (Å²) in [5.41, 5.74) is 1.21. The zero-order valence-corrected chi connectivity index (χ0v) is 16.4. The van der Waals surface area contributed by atoms with E-state index < -0.39 is 21.8 Å². The van der Waals surface area contributed by atoms with Crippen molar-refractivity contribution in [2.45, 2.75) is 12.8 Å². The molecular weight excluding hydrogens is 382 g/mol. The van der Waals surface area contributed by atoms with Crippen LogP contribution in [-0.4, -0.2) is 51.2 Å². The van der Waals surface area contributed by atoms with Crippen LogP contribution in [0, 0.1) is 0 Å². The Balaban J connectivity index is 1.86. The van der Waals surface area contributed by atoms with Crippen molar-refractivity contribution in [3.05, 3.63) is 65.5 Å². The van der Waals surface area contributed by atoms with E-state index in [1.54, 1.807) is 0 Å². The number of pyridine rings is 1. The van der Waals surface area contributed by atoms with Gasteiger partial charge in [0.15, 0.2) is 0 Å². The molecule has 8 nitrogen and oxygen atoms in total. The number of rotatable bonds is 10.